The van der Waals surface area contributed by atoms with Gasteiger partial charge in [0.15, 0.2) is 23.0 Å². The number of ether oxygens (including phenoxy) is 6. The molecule has 0 radical (unpaired) electrons. The molecule has 0 aliphatic carbocycles. The van der Waals surface area contributed by atoms with Crippen LogP contribution in [0.3, 0.4) is 0 Å². The molecule has 0 atom stereocenters. The van der Waals surface area contributed by atoms with Crippen molar-refractivity contribution in [2.45, 2.75) is 0 Å². The molecule has 0 aromatic heterocycles. The molecule has 288 valence electrons. The first kappa shape index (κ1) is 37.6. The van der Waals surface area contributed by atoms with Gasteiger partial charge in [0.05, 0.1) is 0 Å². The van der Waals surface area contributed by atoms with E-state index in [-0.39, 0.29) is 45.6 Å². The van der Waals surface area contributed by atoms with Crippen molar-refractivity contribution in [1.29, 1.82) is 0 Å². The van der Waals surface area contributed by atoms with Gasteiger partial charge in [-0.3, -0.25) is 14.9 Å². The van der Waals surface area contributed by atoms with Crippen molar-refractivity contribution in [3.63, 3.8) is 0 Å². The Morgan fingerprint density at radius 1 is 0.288 bits per heavy atom. The summed E-state index contributed by atoms with van der Waals surface area (Å²) in [4.78, 5) is 28.4. The average Bonchev–Trinajstić information content (AvgIpc) is 3.27. The van der Waals surface area contributed by atoms with Crippen LogP contribution in [0.15, 0.2) is 206 Å². The summed E-state index contributed by atoms with van der Waals surface area (Å²) < 4.78 is 38.0. The number of hydrogen-bond donors (Lipinski definition) is 1. The first-order valence-corrected chi connectivity index (χ1v) is 18.6. The lowest BCUT2D eigenvalue weighted by atomic mass is 10.1. The molecule has 0 heterocycles. The van der Waals surface area contributed by atoms with Crippen molar-refractivity contribution < 1.29 is 38.0 Å². The van der Waals surface area contributed by atoms with Crippen LogP contribution in [0, 0.1) is 0 Å². The Bertz CT molecular complexity index is 2330. The number of nitrogens with one attached hydrogen (secondary N) is 1. The Morgan fingerprint density at radius 3 is 0.712 bits per heavy atom. The Labute approximate surface area is 340 Å². The summed E-state index contributed by atoms with van der Waals surface area (Å²) in [6.07, 6.45) is 0. The zero-order valence-electron chi connectivity index (χ0n) is 31.4. The van der Waals surface area contributed by atoms with Gasteiger partial charge in [0.2, 0.25) is 11.5 Å². The van der Waals surface area contributed by atoms with E-state index in [2.05, 4.69) is 5.32 Å². The minimum absolute atomic E-state index is 0.0566. The molecular formula is C50H35NO8. The first-order valence-electron chi connectivity index (χ1n) is 18.6. The molecule has 8 aromatic rings. The van der Waals surface area contributed by atoms with Gasteiger partial charge in [-0.25, -0.2) is 0 Å². The summed E-state index contributed by atoms with van der Waals surface area (Å²) in [7, 11) is 0. The fourth-order valence-electron chi connectivity index (χ4n) is 5.84. The topological polar surface area (TPSA) is 102 Å². The highest BCUT2D eigenvalue weighted by atomic mass is 16.6. The lowest BCUT2D eigenvalue weighted by Gasteiger charge is -2.19. The standard InChI is InChI=1S/C50H35NO8/c52-49(35-31-43(54-37-19-7-1-8-20-37)47(58-41-27-15-5-16-28-41)44(32-35)55-38-21-9-2-10-22-38)51-50(53)36-33-45(56-39-23-11-3-12-24-39)48(59-42-29-17-6-18-30-42)46(34-36)57-40-25-13-4-14-26-40/h1-34H,(H,51,52,53). The molecule has 0 aliphatic rings. The van der Waals surface area contributed by atoms with Crippen LogP contribution in [-0.2, 0) is 0 Å². The molecule has 9 heteroatoms. The molecule has 1 N–H and O–H groups in total. The van der Waals surface area contributed by atoms with Crippen LogP contribution in [0.5, 0.6) is 69.0 Å². The smallest absolute Gasteiger partial charge is 0.258 e. The van der Waals surface area contributed by atoms with E-state index >= 15 is 0 Å². The predicted molar refractivity (Wildman–Crippen MR) is 224 cm³/mol. The molecule has 59 heavy (non-hydrogen) atoms. The summed E-state index contributed by atoms with van der Waals surface area (Å²) in [5.41, 5.74) is 0.113. The second-order valence-electron chi connectivity index (χ2n) is 12.9. The van der Waals surface area contributed by atoms with Gasteiger partial charge < -0.3 is 28.4 Å². The quantitative estimate of drug-likeness (QED) is 0.109. The lowest BCUT2D eigenvalue weighted by molar-refractivity contribution is 0.0848. The highest BCUT2D eigenvalue weighted by molar-refractivity contribution is 6.11. The van der Waals surface area contributed by atoms with Gasteiger partial charge in [-0.05, 0) is 97.1 Å². The molecular weight excluding hydrogens is 743 g/mol. The molecule has 8 aromatic carbocycles. The van der Waals surface area contributed by atoms with Crippen LogP contribution in [0.25, 0.3) is 0 Å². The number of carbonyl (C=O) groups is 2. The predicted octanol–water partition coefficient (Wildman–Crippen LogP) is 13.0. The Morgan fingerprint density at radius 2 is 0.492 bits per heavy atom. The summed E-state index contributed by atoms with van der Waals surface area (Å²) in [6.45, 7) is 0. The normalized spacial score (nSPS) is 10.5. The van der Waals surface area contributed by atoms with Crippen molar-refractivity contribution in [3.05, 3.63) is 217 Å². The number of imide groups is 1. The Kier molecular flexibility index (Phi) is 11.5. The van der Waals surface area contributed by atoms with Gasteiger partial charge in [0.25, 0.3) is 11.8 Å². The maximum absolute atomic E-state index is 14.2. The third kappa shape index (κ3) is 9.75. The second-order valence-corrected chi connectivity index (χ2v) is 12.9. The molecule has 0 spiro atoms. The van der Waals surface area contributed by atoms with E-state index in [0.29, 0.717) is 34.5 Å². The maximum Gasteiger partial charge on any atom is 0.258 e. The van der Waals surface area contributed by atoms with Gasteiger partial charge in [-0.1, -0.05) is 109 Å². The summed E-state index contributed by atoms with van der Waals surface area (Å²) in [5.74, 6) is 2.60. The largest absolute Gasteiger partial charge is 0.453 e. The van der Waals surface area contributed by atoms with Crippen LogP contribution in [0.4, 0.5) is 0 Å². The zero-order chi connectivity index (χ0) is 40.2. The fourth-order valence-corrected chi connectivity index (χ4v) is 5.84. The number of rotatable bonds is 14. The van der Waals surface area contributed by atoms with E-state index in [9.17, 15) is 9.59 Å². The van der Waals surface area contributed by atoms with E-state index in [1.807, 2.05) is 109 Å². The number of amides is 2. The summed E-state index contributed by atoms with van der Waals surface area (Å²) in [6, 6.07) is 60.5. The van der Waals surface area contributed by atoms with Crippen LogP contribution in [0.2, 0.25) is 0 Å². The second kappa shape index (κ2) is 18.1. The molecule has 0 aliphatic heterocycles. The lowest BCUT2D eigenvalue weighted by Crippen LogP contribution is -2.30. The van der Waals surface area contributed by atoms with Crippen LogP contribution >= 0.6 is 0 Å². The highest BCUT2D eigenvalue weighted by Gasteiger charge is 2.25. The van der Waals surface area contributed by atoms with Crippen molar-refractivity contribution in [1.82, 2.24) is 5.32 Å². The molecule has 0 saturated heterocycles. The number of hydrogen-bond acceptors (Lipinski definition) is 8. The van der Waals surface area contributed by atoms with Gasteiger partial charge >= 0.3 is 0 Å². The Hall–Kier alpha value is -8.30. The third-order valence-electron chi connectivity index (χ3n) is 8.60. The van der Waals surface area contributed by atoms with E-state index < -0.39 is 11.8 Å². The number of benzene rings is 8. The number of para-hydroxylation sites is 6. The van der Waals surface area contributed by atoms with Crippen molar-refractivity contribution >= 4 is 11.8 Å². The van der Waals surface area contributed by atoms with Gasteiger partial charge in [-0.15, -0.1) is 0 Å². The van der Waals surface area contributed by atoms with Crippen molar-refractivity contribution in [2.24, 2.45) is 0 Å². The molecule has 8 rings (SSSR count). The van der Waals surface area contributed by atoms with E-state index in [0.717, 1.165) is 0 Å². The molecule has 9 nitrogen and oxygen atoms in total. The summed E-state index contributed by atoms with van der Waals surface area (Å²) in [5, 5.41) is 2.53. The van der Waals surface area contributed by atoms with Crippen molar-refractivity contribution in [3.8, 4) is 69.0 Å². The van der Waals surface area contributed by atoms with Crippen LogP contribution in [-0.4, -0.2) is 11.8 Å². The fraction of sp³-hybridized carbons (Fsp3) is 0. The third-order valence-corrected chi connectivity index (χ3v) is 8.60. The van der Waals surface area contributed by atoms with E-state index in [1.54, 1.807) is 72.8 Å². The molecule has 0 bridgehead atoms. The van der Waals surface area contributed by atoms with Crippen LogP contribution < -0.4 is 33.7 Å². The van der Waals surface area contributed by atoms with Gasteiger partial charge in [-0.2, -0.15) is 0 Å². The molecule has 2 amide bonds. The molecule has 0 saturated carbocycles. The first-order chi connectivity index (χ1) is 29.0. The highest BCUT2D eigenvalue weighted by Crippen LogP contribution is 2.47. The van der Waals surface area contributed by atoms with Crippen LogP contribution in [0.1, 0.15) is 20.7 Å². The van der Waals surface area contributed by atoms with E-state index in [1.165, 1.54) is 24.3 Å². The summed E-state index contributed by atoms with van der Waals surface area (Å²) >= 11 is 0. The SMILES string of the molecule is O=C(NC(=O)c1cc(Oc2ccccc2)c(Oc2ccccc2)c(Oc2ccccc2)c1)c1cc(Oc2ccccc2)c(Oc2ccccc2)c(Oc2ccccc2)c1. The minimum Gasteiger partial charge on any atom is -0.453 e. The molecule has 0 fully saturated rings. The Balaban J connectivity index is 1.18. The van der Waals surface area contributed by atoms with Gasteiger partial charge in [0, 0.05) is 11.1 Å². The van der Waals surface area contributed by atoms with E-state index in [4.69, 9.17) is 28.4 Å². The average molecular weight is 778 g/mol. The number of carbonyl (C=O) groups excluding carboxylic acids is 2. The molecule has 0 unspecified atom stereocenters. The van der Waals surface area contributed by atoms with Crippen molar-refractivity contribution in [2.75, 3.05) is 0 Å². The van der Waals surface area contributed by atoms with Gasteiger partial charge in [0.1, 0.15) is 34.5 Å². The zero-order valence-corrected chi connectivity index (χ0v) is 31.4. The minimum atomic E-state index is -0.738. The monoisotopic (exact) mass is 777 g/mol. The maximum atomic E-state index is 14.2.